The lowest BCUT2D eigenvalue weighted by Gasteiger charge is -2.28. The number of imidazole rings is 1. The van der Waals surface area contributed by atoms with Crippen LogP contribution in [0.5, 0.6) is 0 Å². The summed E-state index contributed by atoms with van der Waals surface area (Å²) in [4.78, 5) is 21.6. The standard InChI is InChI=1S/C18H24N4O2.CH4/c1-12-7-9-15-17(19-12)22(13-4-2-5-13)18(20-15)21-16(23)10-8-14-6-3-11-24-14;/h7,9,13-14H,2-6,8,10-11H2,1H3,(H,20,21,23);1H4/t14-;/m0./s1. The molecule has 0 radical (unpaired) electrons. The van der Waals surface area contributed by atoms with Crippen LogP contribution in [-0.2, 0) is 9.53 Å². The molecule has 1 saturated carbocycles. The summed E-state index contributed by atoms with van der Waals surface area (Å²) in [6.45, 7) is 2.81. The maximum atomic E-state index is 12.4. The van der Waals surface area contributed by atoms with Crippen LogP contribution in [0.1, 0.15) is 64.1 Å². The molecule has 6 nitrogen and oxygen atoms in total. The Bertz CT molecular complexity index is 745. The molecule has 3 heterocycles. The largest absolute Gasteiger partial charge is 0.378 e. The van der Waals surface area contributed by atoms with Crippen molar-refractivity contribution in [3.05, 3.63) is 17.8 Å². The Morgan fingerprint density at radius 2 is 2.12 bits per heavy atom. The van der Waals surface area contributed by atoms with E-state index in [2.05, 4.69) is 19.9 Å². The molecule has 1 saturated heterocycles. The zero-order valence-corrected chi connectivity index (χ0v) is 14.1. The monoisotopic (exact) mass is 344 g/mol. The van der Waals surface area contributed by atoms with Gasteiger partial charge in [-0.15, -0.1) is 0 Å². The molecule has 1 aliphatic heterocycles. The first-order chi connectivity index (χ1) is 11.7. The van der Waals surface area contributed by atoms with Crippen LogP contribution in [0.2, 0.25) is 0 Å². The van der Waals surface area contributed by atoms with E-state index in [0.29, 0.717) is 18.4 Å². The molecule has 2 aromatic heterocycles. The molecule has 1 aliphatic carbocycles. The third kappa shape index (κ3) is 3.68. The van der Waals surface area contributed by atoms with E-state index < -0.39 is 0 Å². The van der Waals surface area contributed by atoms with Gasteiger partial charge < -0.3 is 4.74 Å². The first-order valence-corrected chi connectivity index (χ1v) is 8.98. The minimum absolute atomic E-state index is 0. The highest BCUT2D eigenvalue weighted by Crippen LogP contribution is 2.36. The molecule has 1 amide bonds. The molecule has 1 N–H and O–H groups in total. The molecule has 136 valence electrons. The lowest BCUT2D eigenvalue weighted by molar-refractivity contribution is -0.116. The molecule has 0 aromatic carbocycles. The second-order valence-corrected chi connectivity index (χ2v) is 6.91. The van der Waals surface area contributed by atoms with Crippen LogP contribution < -0.4 is 5.32 Å². The Morgan fingerprint density at radius 1 is 1.28 bits per heavy atom. The van der Waals surface area contributed by atoms with Gasteiger partial charge in [-0.25, -0.2) is 9.97 Å². The average molecular weight is 344 g/mol. The third-order valence-electron chi connectivity index (χ3n) is 5.08. The molecule has 0 bridgehead atoms. The zero-order valence-electron chi connectivity index (χ0n) is 14.1. The summed E-state index contributed by atoms with van der Waals surface area (Å²) in [5.74, 6) is 0.656. The Labute approximate surface area is 149 Å². The van der Waals surface area contributed by atoms with Gasteiger partial charge in [-0.3, -0.25) is 14.7 Å². The number of amides is 1. The van der Waals surface area contributed by atoms with Crippen molar-refractivity contribution in [2.24, 2.45) is 0 Å². The van der Waals surface area contributed by atoms with Gasteiger partial charge >= 0.3 is 0 Å². The van der Waals surface area contributed by atoms with Crippen molar-refractivity contribution >= 4 is 23.0 Å². The Morgan fingerprint density at radius 3 is 2.80 bits per heavy atom. The fraction of sp³-hybridized carbons (Fsp3) is 0.632. The van der Waals surface area contributed by atoms with E-state index in [1.54, 1.807) is 0 Å². The van der Waals surface area contributed by atoms with Gasteiger partial charge in [0.05, 0.1) is 6.10 Å². The molecule has 1 atom stereocenters. The number of carbonyl (C=O) groups is 1. The first kappa shape index (κ1) is 17.9. The number of nitrogens with zero attached hydrogens (tertiary/aromatic N) is 3. The molecule has 6 heteroatoms. The fourth-order valence-electron chi connectivity index (χ4n) is 3.50. The normalized spacial score (nSPS) is 20.3. The Balaban J connectivity index is 0.00000182. The highest BCUT2D eigenvalue weighted by molar-refractivity contribution is 5.91. The number of carbonyl (C=O) groups excluding carboxylic acids is 1. The van der Waals surface area contributed by atoms with Crippen LogP contribution in [-0.4, -0.2) is 33.2 Å². The minimum Gasteiger partial charge on any atom is -0.378 e. The second-order valence-electron chi connectivity index (χ2n) is 6.91. The van der Waals surface area contributed by atoms with Crippen LogP contribution in [0.15, 0.2) is 12.1 Å². The van der Waals surface area contributed by atoms with Crippen molar-refractivity contribution in [1.29, 1.82) is 0 Å². The topological polar surface area (TPSA) is 69.0 Å². The lowest BCUT2D eigenvalue weighted by atomic mass is 9.93. The summed E-state index contributed by atoms with van der Waals surface area (Å²) in [6.07, 6.45) is 7.15. The van der Waals surface area contributed by atoms with Gasteiger partial charge in [-0.05, 0) is 57.6 Å². The molecule has 2 aliphatic rings. The molecule has 0 unspecified atom stereocenters. The predicted octanol–water partition coefficient (Wildman–Crippen LogP) is 4.00. The van der Waals surface area contributed by atoms with E-state index in [1.165, 1.54) is 6.42 Å². The smallest absolute Gasteiger partial charge is 0.226 e. The molecule has 4 rings (SSSR count). The predicted molar refractivity (Wildman–Crippen MR) is 98.7 cm³/mol. The van der Waals surface area contributed by atoms with Crippen LogP contribution in [0.25, 0.3) is 11.2 Å². The van der Waals surface area contributed by atoms with Crippen LogP contribution in [0, 0.1) is 6.92 Å². The average Bonchev–Trinajstić information content (AvgIpc) is 3.13. The summed E-state index contributed by atoms with van der Waals surface area (Å²) >= 11 is 0. The van der Waals surface area contributed by atoms with E-state index in [1.807, 2.05) is 19.1 Å². The van der Waals surface area contributed by atoms with E-state index in [0.717, 1.165) is 55.6 Å². The van der Waals surface area contributed by atoms with Crippen LogP contribution in [0.3, 0.4) is 0 Å². The highest BCUT2D eigenvalue weighted by Gasteiger charge is 2.26. The summed E-state index contributed by atoms with van der Waals surface area (Å²) in [7, 11) is 0. The SMILES string of the molecule is C.Cc1ccc2nc(NC(=O)CC[C@@H]3CCCO3)n(C3CCC3)c2n1. The summed E-state index contributed by atoms with van der Waals surface area (Å²) in [5, 5.41) is 3.01. The number of pyridine rings is 1. The van der Waals surface area contributed by atoms with Crippen LogP contribution in [0.4, 0.5) is 5.95 Å². The van der Waals surface area contributed by atoms with Gasteiger partial charge in [0.2, 0.25) is 11.9 Å². The van der Waals surface area contributed by atoms with Gasteiger partial charge in [0, 0.05) is 24.8 Å². The number of rotatable bonds is 5. The summed E-state index contributed by atoms with van der Waals surface area (Å²) in [5.41, 5.74) is 2.70. The van der Waals surface area contributed by atoms with E-state index in [4.69, 9.17) is 4.74 Å². The van der Waals surface area contributed by atoms with E-state index in [-0.39, 0.29) is 19.4 Å². The number of hydrogen-bond donors (Lipinski definition) is 1. The fourth-order valence-corrected chi connectivity index (χ4v) is 3.50. The van der Waals surface area contributed by atoms with Crippen molar-refractivity contribution < 1.29 is 9.53 Å². The quantitative estimate of drug-likeness (QED) is 0.890. The van der Waals surface area contributed by atoms with Gasteiger partial charge in [-0.1, -0.05) is 7.43 Å². The first-order valence-electron chi connectivity index (χ1n) is 8.98. The third-order valence-corrected chi connectivity index (χ3v) is 5.08. The van der Waals surface area contributed by atoms with E-state index >= 15 is 0 Å². The maximum Gasteiger partial charge on any atom is 0.226 e. The molecule has 2 aromatic rings. The van der Waals surface area contributed by atoms with Gasteiger partial charge in [0.25, 0.3) is 0 Å². The van der Waals surface area contributed by atoms with Gasteiger partial charge in [0.1, 0.15) is 5.52 Å². The number of ether oxygens (including phenoxy) is 1. The molecule has 2 fully saturated rings. The summed E-state index contributed by atoms with van der Waals surface area (Å²) in [6, 6.07) is 4.34. The Hall–Kier alpha value is -1.95. The van der Waals surface area contributed by atoms with E-state index in [9.17, 15) is 4.79 Å². The molecule has 25 heavy (non-hydrogen) atoms. The van der Waals surface area contributed by atoms with Crippen LogP contribution >= 0.6 is 0 Å². The van der Waals surface area contributed by atoms with Crippen molar-refractivity contribution in [1.82, 2.24) is 14.5 Å². The van der Waals surface area contributed by atoms with Gasteiger partial charge in [-0.2, -0.15) is 0 Å². The number of aromatic nitrogens is 3. The number of nitrogens with one attached hydrogen (secondary N) is 1. The van der Waals surface area contributed by atoms with Crippen molar-refractivity contribution in [3.63, 3.8) is 0 Å². The molecular weight excluding hydrogens is 316 g/mol. The molecular formula is C19H28N4O2. The highest BCUT2D eigenvalue weighted by atomic mass is 16.5. The lowest BCUT2D eigenvalue weighted by Crippen LogP contribution is -2.23. The Kier molecular flexibility index (Phi) is 5.37. The van der Waals surface area contributed by atoms with Crippen molar-refractivity contribution in [2.45, 2.75) is 71.4 Å². The number of fused-ring (bicyclic) bond motifs is 1. The van der Waals surface area contributed by atoms with Crippen molar-refractivity contribution in [3.8, 4) is 0 Å². The minimum atomic E-state index is 0. The van der Waals surface area contributed by atoms with Gasteiger partial charge in [0.15, 0.2) is 5.65 Å². The zero-order chi connectivity index (χ0) is 16.5. The maximum absolute atomic E-state index is 12.4. The molecule has 0 spiro atoms. The van der Waals surface area contributed by atoms with Crippen molar-refractivity contribution in [2.75, 3.05) is 11.9 Å². The number of anilines is 1. The number of hydrogen-bond acceptors (Lipinski definition) is 4. The number of aryl methyl sites for hydroxylation is 1. The second kappa shape index (κ2) is 7.52. The summed E-state index contributed by atoms with van der Waals surface area (Å²) < 4.78 is 7.71.